The van der Waals surface area contributed by atoms with Crippen molar-refractivity contribution in [2.45, 2.75) is 27.4 Å². The first-order chi connectivity index (χ1) is 14.8. The third-order valence-corrected chi connectivity index (χ3v) is 6.09. The van der Waals surface area contributed by atoms with Crippen molar-refractivity contribution in [2.24, 2.45) is 0 Å². The molecule has 0 aliphatic rings. The number of carbonyl (C=O) groups is 3. The van der Waals surface area contributed by atoms with Crippen molar-refractivity contribution < 1.29 is 28.3 Å². The summed E-state index contributed by atoms with van der Waals surface area (Å²) in [5.41, 5.74) is 0.657. The molecule has 9 heteroatoms. The van der Waals surface area contributed by atoms with Crippen LogP contribution in [0.1, 0.15) is 55.8 Å². The van der Waals surface area contributed by atoms with Crippen LogP contribution >= 0.6 is 27.3 Å². The van der Waals surface area contributed by atoms with Gasteiger partial charge in [-0.25, -0.2) is 4.79 Å². The lowest BCUT2D eigenvalue weighted by molar-refractivity contribution is 0.0527. The second-order valence-corrected chi connectivity index (χ2v) is 8.44. The maximum absolute atomic E-state index is 12.7. The topological polar surface area (TPSA) is 94.8 Å². The summed E-state index contributed by atoms with van der Waals surface area (Å²) in [6, 6.07) is 10.5. The number of rotatable bonds is 8. The van der Waals surface area contributed by atoms with E-state index in [0.717, 1.165) is 15.8 Å². The molecular formula is C22H20BrNO6S. The fourth-order valence-corrected chi connectivity index (χ4v) is 4.16. The van der Waals surface area contributed by atoms with E-state index in [1.165, 1.54) is 13.0 Å². The highest BCUT2D eigenvalue weighted by molar-refractivity contribution is 9.10. The molecule has 0 aliphatic carbocycles. The summed E-state index contributed by atoms with van der Waals surface area (Å²) in [7, 11) is 0. The molecular weight excluding hydrogens is 486 g/mol. The molecule has 0 saturated heterocycles. The van der Waals surface area contributed by atoms with Gasteiger partial charge in [0.2, 0.25) is 0 Å². The van der Waals surface area contributed by atoms with Crippen LogP contribution in [0.5, 0.6) is 5.75 Å². The second-order valence-electron chi connectivity index (χ2n) is 6.50. The Morgan fingerprint density at radius 1 is 1.13 bits per heavy atom. The number of Topliss-reactive ketones (excluding diaryl/α,β-unsaturated/α-hetero) is 1. The van der Waals surface area contributed by atoms with E-state index in [1.807, 2.05) is 24.3 Å². The van der Waals surface area contributed by atoms with E-state index in [1.54, 1.807) is 19.9 Å². The summed E-state index contributed by atoms with van der Waals surface area (Å²) >= 11 is 4.39. The third kappa shape index (κ3) is 5.42. The minimum absolute atomic E-state index is 0.0552. The molecule has 1 aromatic carbocycles. The number of anilines is 1. The molecule has 0 radical (unpaired) electrons. The quantitative estimate of drug-likeness (QED) is 0.315. The average molecular weight is 506 g/mol. The molecule has 0 spiro atoms. The number of carbonyl (C=O) groups excluding carboxylic acids is 3. The Balaban J connectivity index is 1.74. The lowest BCUT2D eigenvalue weighted by Gasteiger charge is -2.06. The van der Waals surface area contributed by atoms with E-state index < -0.39 is 11.9 Å². The van der Waals surface area contributed by atoms with Crippen LogP contribution in [0.2, 0.25) is 0 Å². The SMILES string of the molecule is CCOC(=O)c1c(NC(=O)c2ccc(COc3ccc(Br)cc3)o2)sc(C(C)=O)c1C. The highest BCUT2D eigenvalue weighted by atomic mass is 79.9. The van der Waals surface area contributed by atoms with Crippen LogP contribution in [-0.4, -0.2) is 24.3 Å². The number of thiophene rings is 1. The first-order valence-corrected chi connectivity index (χ1v) is 11.0. The predicted molar refractivity (Wildman–Crippen MR) is 120 cm³/mol. The molecule has 0 fully saturated rings. The van der Waals surface area contributed by atoms with E-state index in [4.69, 9.17) is 13.9 Å². The first kappa shape index (κ1) is 22.8. The van der Waals surface area contributed by atoms with Gasteiger partial charge in [0.05, 0.1) is 17.0 Å². The Morgan fingerprint density at radius 2 is 1.84 bits per heavy atom. The van der Waals surface area contributed by atoms with Crippen molar-refractivity contribution in [3.05, 3.63) is 68.4 Å². The first-order valence-electron chi connectivity index (χ1n) is 9.40. The summed E-state index contributed by atoms with van der Waals surface area (Å²) in [5, 5.41) is 2.91. The summed E-state index contributed by atoms with van der Waals surface area (Å²) in [5.74, 6) is -0.154. The fraction of sp³-hybridized carbons (Fsp3) is 0.227. The molecule has 0 atom stereocenters. The molecule has 0 aliphatic heterocycles. The monoisotopic (exact) mass is 505 g/mol. The standard InChI is InChI=1S/C22H20BrNO6S/c1-4-28-22(27)18-12(2)19(13(3)25)31-21(18)24-20(26)17-10-9-16(30-17)11-29-15-7-5-14(23)6-8-15/h5-10H,4,11H2,1-3H3,(H,24,26). The number of furan rings is 1. The van der Waals surface area contributed by atoms with Gasteiger partial charge in [-0.1, -0.05) is 15.9 Å². The summed E-state index contributed by atoms with van der Waals surface area (Å²) < 4.78 is 17.2. The maximum atomic E-state index is 12.7. The summed E-state index contributed by atoms with van der Waals surface area (Å²) in [4.78, 5) is 37.3. The number of hydrogen-bond acceptors (Lipinski definition) is 7. The smallest absolute Gasteiger partial charge is 0.341 e. The lowest BCUT2D eigenvalue weighted by Crippen LogP contribution is -2.14. The Hall–Kier alpha value is -2.91. The third-order valence-electron chi connectivity index (χ3n) is 4.25. The molecule has 7 nitrogen and oxygen atoms in total. The van der Waals surface area contributed by atoms with Gasteiger partial charge in [0.15, 0.2) is 11.5 Å². The molecule has 162 valence electrons. The van der Waals surface area contributed by atoms with E-state index in [0.29, 0.717) is 22.0 Å². The summed E-state index contributed by atoms with van der Waals surface area (Å²) in [6.07, 6.45) is 0. The van der Waals surface area contributed by atoms with Gasteiger partial charge in [0.1, 0.15) is 23.1 Å². The van der Waals surface area contributed by atoms with Gasteiger partial charge in [-0.15, -0.1) is 11.3 Å². The van der Waals surface area contributed by atoms with Crippen molar-refractivity contribution >= 4 is 49.9 Å². The molecule has 0 unspecified atom stereocenters. The number of esters is 1. The Bertz CT molecular complexity index is 1120. The largest absolute Gasteiger partial charge is 0.486 e. The van der Waals surface area contributed by atoms with Crippen LogP contribution in [0.25, 0.3) is 0 Å². The van der Waals surface area contributed by atoms with Crippen molar-refractivity contribution in [3.63, 3.8) is 0 Å². The zero-order chi connectivity index (χ0) is 22.5. The van der Waals surface area contributed by atoms with Gasteiger partial charge in [-0.2, -0.15) is 0 Å². The van der Waals surface area contributed by atoms with E-state index in [9.17, 15) is 14.4 Å². The predicted octanol–water partition coefficient (Wildman–Crippen LogP) is 5.62. The Kier molecular flexibility index (Phi) is 7.29. The number of amides is 1. The number of nitrogens with one attached hydrogen (secondary N) is 1. The minimum Gasteiger partial charge on any atom is -0.486 e. The summed E-state index contributed by atoms with van der Waals surface area (Å²) in [6.45, 7) is 5.07. The van der Waals surface area contributed by atoms with Crippen LogP contribution in [0, 0.1) is 6.92 Å². The highest BCUT2D eigenvalue weighted by Gasteiger charge is 2.26. The number of benzene rings is 1. The average Bonchev–Trinajstić information content (AvgIpc) is 3.32. The van der Waals surface area contributed by atoms with Crippen molar-refractivity contribution in [2.75, 3.05) is 11.9 Å². The molecule has 31 heavy (non-hydrogen) atoms. The van der Waals surface area contributed by atoms with Gasteiger partial charge < -0.3 is 19.2 Å². The van der Waals surface area contributed by atoms with Crippen LogP contribution in [-0.2, 0) is 11.3 Å². The van der Waals surface area contributed by atoms with Crippen LogP contribution in [0.4, 0.5) is 5.00 Å². The van der Waals surface area contributed by atoms with Crippen LogP contribution < -0.4 is 10.1 Å². The molecule has 3 rings (SSSR count). The Morgan fingerprint density at radius 3 is 2.48 bits per heavy atom. The van der Waals surface area contributed by atoms with Gasteiger partial charge >= 0.3 is 5.97 Å². The van der Waals surface area contributed by atoms with E-state index >= 15 is 0 Å². The Labute approximate surface area is 191 Å². The number of hydrogen-bond donors (Lipinski definition) is 1. The molecule has 2 aromatic heterocycles. The zero-order valence-corrected chi connectivity index (χ0v) is 19.5. The number of halogens is 1. The van der Waals surface area contributed by atoms with E-state index in [2.05, 4.69) is 21.2 Å². The van der Waals surface area contributed by atoms with Crippen LogP contribution in [0.3, 0.4) is 0 Å². The number of ether oxygens (including phenoxy) is 2. The molecule has 0 saturated carbocycles. The second kappa shape index (κ2) is 9.93. The van der Waals surface area contributed by atoms with Gasteiger partial charge in [-0.3, -0.25) is 9.59 Å². The molecule has 1 N–H and O–H groups in total. The normalized spacial score (nSPS) is 10.6. The molecule has 1 amide bonds. The minimum atomic E-state index is -0.595. The molecule has 3 aromatic rings. The van der Waals surface area contributed by atoms with Crippen molar-refractivity contribution in [3.8, 4) is 5.75 Å². The molecule has 2 heterocycles. The lowest BCUT2D eigenvalue weighted by atomic mass is 10.1. The van der Waals surface area contributed by atoms with E-state index in [-0.39, 0.29) is 35.3 Å². The number of ketones is 1. The zero-order valence-electron chi connectivity index (χ0n) is 17.1. The van der Waals surface area contributed by atoms with Gasteiger partial charge in [-0.05, 0) is 62.7 Å². The van der Waals surface area contributed by atoms with Gasteiger partial charge in [0, 0.05) is 4.47 Å². The van der Waals surface area contributed by atoms with Crippen molar-refractivity contribution in [1.29, 1.82) is 0 Å². The van der Waals surface area contributed by atoms with Crippen LogP contribution in [0.15, 0.2) is 45.3 Å². The highest BCUT2D eigenvalue weighted by Crippen LogP contribution is 2.34. The van der Waals surface area contributed by atoms with Crippen molar-refractivity contribution in [1.82, 2.24) is 0 Å². The maximum Gasteiger partial charge on any atom is 0.341 e. The van der Waals surface area contributed by atoms with Gasteiger partial charge in [0.25, 0.3) is 5.91 Å². The molecule has 0 bridgehead atoms. The fourth-order valence-electron chi connectivity index (χ4n) is 2.81.